The quantitative estimate of drug-likeness (QED) is 0.295. The van der Waals surface area contributed by atoms with Gasteiger partial charge in [-0.2, -0.15) is 0 Å². The molecule has 3 rings (SSSR count). The van der Waals surface area contributed by atoms with Crippen LogP contribution in [0.3, 0.4) is 0 Å². The minimum atomic E-state index is -0.782. The summed E-state index contributed by atoms with van der Waals surface area (Å²) in [6.07, 6.45) is 10.6. The number of aromatic nitrogens is 1. The number of allylic oxidation sites excluding steroid dienone is 1. The molecule has 0 radical (unpaired) electrons. The van der Waals surface area contributed by atoms with Gasteiger partial charge in [0.15, 0.2) is 0 Å². The molecule has 200 valence electrons. The van der Waals surface area contributed by atoms with Crippen LogP contribution in [0.2, 0.25) is 0 Å². The molecule has 0 aromatic carbocycles. The van der Waals surface area contributed by atoms with Crippen LogP contribution in [0.4, 0.5) is 4.39 Å². The lowest BCUT2D eigenvalue weighted by molar-refractivity contribution is -0.127. The van der Waals surface area contributed by atoms with Crippen LogP contribution in [0.25, 0.3) is 0 Å². The molecule has 0 saturated heterocycles. The highest BCUT2D eigenvalue weighted by atomic mass is 19.1. The third kappa shape index (κ3) is 7.86. The predicted octanol–water partition coefficient (Wildman–Crippen LogP) is 1.96. The molecule has 10 nitrogen and oxygen atoms in total. The largest absolute Gasteiger partial charge is 0.481 e. The molecule has 1 aromatic heterocycles. The number of carbonyl (C=O) groups excluding carboxylic acids is 2. The molecule has 0 bridgehead atoms. The maximum absolute atomic E-state index is 14.2. The summed E-state index contributed by atoms with van der Waals surface area (Å²) < 4.78 is 19.3. The van der Waals surface area contributed by atoms with Crippen molar-refractivity contribution in [2.45, 2.75) is 58.2 Å². The summed E-state index contributed by atoms with van der Waals surface area (Å²) in [5, 5.41) is 5.68. The number of carbonyl (C=O) groups is 2. The molecule has 6 N–H and O–H groups in total. The summed E-state index contributed by atoms with van der Waals surface area (Å²) in [5.74, 6) is -0.478. The van der Waals surface area contributed by atoms with Gasteiger partial charge in [-0.3, -0.25) is 19.6 Å². The van der Waals surface area contributed by atoms with Crippen LogP contribution >= 0.6 is 0 Å². The van der Waals surface area contributed by atoms with E-state index in [0.717, 1.165) is 25.7 Å². The lowest BCUT2D eigenvalue weighted by atomic mass is 9.88. The van der Waals surface area contributed by atoms with Crippen molar-refractivity contribution in [3.8, 4) is 5.88 Å². The van der Waals surface area contributed by atoms with Gasteiger partial charge in [0.25, 0.3) is 5.91 Å². The average Bonchev–Trinajstić information content (AvgIpc) is 3.78. The number of aliphatic imine (C=N–C) groups is 2. The second-order valence-corrected chi connectivity index (χ2v) is 9.53. The highest BCUT2D eigenvalue weighted by Gasteiger charge is 2.48. The van der Waals surface area contributed by atoms with Crippen molar-refractivity contribution in [1.29, 1.82) is 0 Å². The number of hydrogen-bond donors (Lipinski definition) is 4. The van der Waals surface area contributed by atoms with Crippen LogP contribution in [0.5, 0.6) is 5.88 Å². The molecule has 2 fully saturated rings. The molecule has 37 heavy (non-hydrogen) atoms. The fourth-order valence-corrected chi connectivity index (χ4v) is 4.33. The van der Waals surface area contributed by atoms with E-state index in [-0.39, 0.29) is 41.4 Å². The summed E-state index contributed by atoms with van der Waals surface area (Å²) in [5.41, 5.74) is 11.8. The topological polar surface area (TPSA) is 157 Å². The van der Waals surface area contributed by atoms with Crippen molar-refractivity contribution in [3.05, 3.63) is 47.8 Å². The van der Waals surface area contributed by atoms with E-state index < -0.39 is 23.7 Å². The van der Waals surface area contributed by atoms with Gasteiger partial charge in [-0.05, 0) is 75.6 Å². The average molecular weight is 514 g/mol. The van der Waals surface area contributed by atoms with Gasteiger partial charge in [0.05, 0.1) is 24.9 Å². The van der Waals surface area contributed by atoms with E-state index in [4.69, 9.17) is 16.2 Å². The first-order valence-corrected chi connectivity index (χ1v) is 12.5. The number of nitrogens with zero attached hydrogens (tertiary/aromatic N) is 3. The molecule has 2 aliphatic carbocycles. The third-order valence-electron chi connectivity index (χ3n) is 6.25. The van der Waals surface area contributed by atoms with E-state index in [1.807, 2.05) is 13.8 Å². The molecule has 1 aromatic rings. The van der Waals surface area contributed by atoms with Gasteiger partial charge >= 0.3 is 0 Å². The lowest BCUT2D eigenvalue weighted by Gasteiger charge is -2.27. The van der Waals surface area contributed by atoms with E-state index in [1.165, 1.54) is 44.1 Å². The van der Waals surface area contributed by atoms with Gasteiger partial charge in [-0.15, -0.1) is 0 Å². The number of methoxy groups -OCH3 is 1. The number of nitrogens with one attached hydrogen (secondary N) is 2. The molecule has 1 unspecified atom stereocenters. The van der Waals surface area contributed by atoms with Crippen molar-refractivity contribution in [3.63, 3.8) is 0 Å². The molecule has 0 spiro atoms. The summed E-state index contributed by atoms with van der Waals surface area (Å²) in [4.78, 5) is 39.1. The number of amides is 2. The van der Waals surface area contributed by atoms with Crippen molar-refractivity contribution >= 4 is 23.7 Å². The third-order valence-corrected chi connectivity index (χ3v) is 6.25. The Morgan fingerprint density at radius 1 is 1.24 bits per heavy atom. The number of hydrogen-bond acceptors (Lipinski definition) is 8. The van der Waals surface area contributed by atoms with Gasteiger partial charge in [-0.25, -0.2) is 9.37 Å². The Bertz CT molecular complexity index is 1080. The summed E-state index contributed by atoms with van der Waals surface area (Å²) in [7, 11) is 1.39. The first-order chi connectivity index (χ1) is 17.8. The Morgan fingerprint density at radius 2 is 1.92 bits per heavy atom. The van der Waals surface area contributed by atoms with Crippen LogP contribution in [-0.2, 0) is 16.1 Å². The van der Waals surface area contributed by atoms with Crippen LogP contribution in [0.1, 0.15) is 45.1 Å². The lowest BCUT2D eigenvalue weighted by Crippen LogP contribution is -2.53. The first-order valence-electron chi connectivity index (χ1n) is 12.5. The number of rotatable bonds is 13. The Kier molecular flexibility index (Phi) is 9.76. The minimum absolute atomic E-state index is 0.0100. The molecular weight excluding hydrogens is 477 g/mol. The summed E-state index contributed by atoms with van der Waals surface area (Å²) in [6, 6.07) is 0.308. The molecule has 1 atom stereocenters. The summed E-state index contributed by atoms with van der Waals surface area (Å²) >= 11 is 0. The molecule has 1 heterocycles. The maximum Gasteiger partial charge on any atom is 0.270 e. The monoisotopic (exact) mass is 513 g/mol. The smallest absolute Gasteiger partial charge is 0.270 e. The van der Waals surface area contributed by atoms with Crippen LogP contribution in [0.15, 0.2) is 46.4 Å². The highest BCUT2D eigenvalue weighted by molar-refractivity contribution is 6.43. The number of nitrogens with two attached hydrogens (primary N) is 2. The number of pyridine rings is 1. The number of halogens is 1. The first kappa shape index (κ1) is 27.8. The SMILES string of the molecule is COc1nccc(F)c1CN=C/C(=C\N)NC(=O)C(NC(=O)C(/C=C\N)=NC(C)C)C(C1CC1)C1CC1. The fraction of sp³-hybridized carbons (Fsp3) is 0.500. The zero-order valence-electron chi connectivity index (χ0n) is 21.5. The minimum Gasteiger partial charge on any atom is -0.481 e. The predicted molar refractivity (Wildman–Crippen MR) is 140 cm³/mol. The molecule has 2 amide bonds. The molecule has 0 aliphatic heterocycles. The summed E-state index contributed by atoms with van der Waals surface area (Å²) in [6.45, 7) is 3.64. The Morgan fingerprint density at radius 3 is 2.46 bits per heavy atom. The second kappa shape index (κ2) is 13.0. The Hall–Kier alpha value is -3.76. The van der Waals surface area contributed by atoms with E-state index in [2.05, 4.69) is 25.6 Å². The molecule has 11 heteroatoms. The van der Waals surface area contributed by atoms with Crippen molar-refractivity contribution in [2.75, 3.05) is 7.11 Å². The standard InChI is InChI=1S/C26H36FN7O3/c1-15(2)32-21(8-10-28)24(35)34-23(22(16-4-5-16)17-6-7-17)25(36)33-18(12-29)13-30-14-19-20(27)9-11-31-26(19)37-3/h8-13,15-17,22-23H,4-7,14,28-29H2,1-3H3,(H,33,36)(H,34,35)/b10-8-,18-12+,30-13?,32-21?. The maximum atomic E-state index is 14.2. The van der Waals surface area contributed by atoms with E-state index >= 15 is 0 Å². The van der Waals surface area contributed by atoms with Crippen LogP contribution in [-0.4, -0.2) is 47.9 Å². The number of ether oxygens (including phenoxy) is 1. The molecule has 2 saturated carbocycles. The second-order valence-electron chi connectivity index (χ2n) is 9.53. The van der Waals surface area contributed by atoms with Crippen molar-refractivity contribution < 1.29 is 18.7 Å². The molecule has 2 aliphatic rings. The normalized spacial score (nSPS) is 17.6. The zero-order chi connectivity index (χ0) is 26.9. The van der Waals surface area contributed by atoms with Crippen LogP contribution in [0, 0.1) is 23.6 Å². The van der Waals surface area contributed by atoms with Crippen LogP contribution < -0.4 is 26.8 Å². The zero-order valence-corrected chi connectivity index (χ0v) is 21.5. The van der Waals surface area contributed by atoms with Crippen molar-refractivity contribution in [1.82, 2.24) is 15.6 Å². The molecular formula is C26H36FN7O3. The Labute approximate surface area is 216 Å². The van der Waals surface area contributed by atoms with Gasteiger partial charge in [0.2, 0.25) is 11.8 Å². The van der Waals surface area contributed by atoms with Crippen molar-refractivity contribution in [2.24, 2.45) is 39.2 Å². The van der Waals surface area contributed by atoms with E-state index in [0.29, 0.717) is 11.8 Å². The Balaban J connectivity index is 1.76. The van der Waals surface area contributed by atoms with E-state index in [1.54, 1.807) is 0 Å². The van der Waals surface area contributed by atoms with Gasteiger partial charge in [-0.1, -0.05) is 0 Å². The van der Waals surface area contributed by atoms with E-state index in [9.17, 15) is 14.0 Å². The van der Waals surface area contributed by atoms with Gasteiger partial charge in [0, 0.05) is 24.7 Å². The van der Waals surface area contributed by atoms with Gasteiger partial charge < -0.3 is 26.8 Å². The van der Waals surface area contributed by atoms with Gasteiger partial charge in [0.1, 0.15) is 17.6 Å². The fourth-order valence-electron chi connectivity index (χ4n) is 4.33. The highest BCUT2D eigenvalue weighted by Crippen LogP contribution is 2.50.